The Balaban J connectivity index is 1.15. The summed E-state index contributed by atoms with van der Waals surface area (Å²) in [5, 5.41) is 20.5. The van der Waals surface area contributed by atoms with Crippen LogP contribution in [0.2, 0.25) is 0 Å². The van der Waals surface area contributed by atoms with Crippen molar-refractivity contribution >= 4 is 143 Å². The highest BCUT2D eigenvalue weighted by Crippen LogP contribution is 2.53. The van der Waals surface area contributed by atoms with E-state index in [9.17, 15) is 0 Å². The predicted molar refractivity (Wildman–Crippen MR) is 309 cm³/mol. The Bertz CT molecular complexity index is 4080. The van der Waals surface area contributed by atoms with E-state index < -0.39 is 0 Å². The van der Waals surface area contributed by atoms with E-state index in [0.717, 1.165) is 0 Å². The zero-order chi connectivity index (χ0) is 47.2. The molecule has 2 heterocycles. The van der Waals surface area contributed by atoms with Crippen LogP contribution in [0.5, 0.6) is 0 Å². The van der Waals surface area contributed by atoms with Gasteiger partial charge >= 0.3 is 0 Å². The van der Waals surface area contributed by atoms with Crippen molar-refractivity contribution in [1.82, 2.24) is 0 Å². The lowest BCUT2D eigenvalue weighted by Gasteiger charge is -2.46. The summed E-state index contributed by atoms with van der Waals surface area (Å²) >= 11 is 0. The second kappa shape index (κ2) is 15.1. The summed E-state index contributed by atoms with van der Waals surface area (Å²) in [7, 11) is 0. The maximum Gasteiger partial charge on any atom is 0.252 e. The first kappa shape index (κ1) is 40.5. The molecule has 0 saturated heterocycles. The highest BCUT2D eigenvalue weighted by atomic mass is 15.2. The lowest BCUT2D eigenvalue weighted by atomic mass is 9.33. The van der Waals surface area contributed by atoms with Crippen LogP contribution < -0.4 is 26.2 Å². The summed E-state index contributed by atoms with van der Waals surface area (Å²) in [5.41, 5.74) is 14.2. The molecular weight excluding hydrogens is 856 g/mol. The maximum atomic E-state index is 2.68. The summed E-state index contributed by atoms with van der Waals surface area (Å²) in [4.78, 5) is 5.36. The van der Waals surface area contributed by atoms with Gasteiger partial charge in [0.1, 0.15) is 0 Å². The number of hydrogen-bond donors (Lipinski definition) is 0. The number of anilines is 6. The molecule has 0 atom stereocenters. The number of hydrogen-bond acceptors (Lipinski definition) is 2. The van der Waals surface area contributed by atoms with Gasteiger partial charge in [-0.2, -0.15) is 0 Å². The van der Waals surface area contributed by atoms with E-state index in [1.54, 1.807) is 0 Å². The van der Waals surface area contributed by atoms with Crippen molar-refractivity contribution in [2.45, 2.75) is 39.5 Å². The molecule has 334 valence electrons. The topological polar surface area (TPSA) is 6.48 Å². The summed E-state index contributed by atoms with van der Waals surface area (Å²) < 4.78 is 0. The quantitative estimate of drug-likeness (QED) is 0.128. The molecule has 0 radical (unpaired) electrons. The molecular formula is C68H49BN2. The SMILES string of the molecule is CC(C)c1cc2c(c3ccccc13)N(c1cccc3c4ccccc4c4ccccc4c13)c1cccc3c1B2c1cc(C(C)C)c2ccccc2c1N3c1cccc2c3ccccc3c3ccccc3c12. The lowest BCUT2D eigenvalue weighted by molar-refractivity contribution is 0.877. The molecule has 0 aromatic heterocycles. The summed E-state index contributed by atoms with van der Waals surface area (Å²) in [6.07, 6.45) is 0. The van der Waals surface area contributed by atoms with Gasteiger partial charge in [0.05, 0.1) is 11.4 Å². The fourth-order valence-electron chi connectivity index (χ4n) is 13.4. The molecule has 13 aromatic carbocycles. The molecule has 0 aliphatic carbocycles. The molecule has 0 amide bonds. The van der Waals surface area contributed by atoms with Crippen LogP contribution in [0, 0.1) is 0 Å². The molecule has 0 fully saturated rings. The van der Waals surface area contributed by atoms with E-state index in [0.29, 0.717) is 11.8 Å². The fraction of sp³-hybridized carbons (Fsp3) is 0.0882. The third kappa shape index (κ3) is 5.49. The summed E-state index contributed by atoms with van der Waals surface area (Å²) in [5.74, 6) is 0.619. The minimum atomic E-state index is -0.0528. The van der Waals surface area contributed by atoms with Gasteiger partial charge in [-0.15, -0.1) is 0 Å². The minimum absolute atomic E-state index is 0.0528. The Morgan fingerprint density at radius 1 is 0.282 bits per heavy atom. The van der Waals surface area contributed by atoms with Crippen LogP contribution in [-0.4, -0.2) is 6.71 Å². The van der Waals surface area contributed by atoms with Crippen LogP contribution >= 0.6 is 0 Å². The molecule has 13 aromatic rings. The fourth-order valence-corrected chi connectivity index (χ4v) is 13.4. The molecule has 0 bridgehead atoms. The van der Waals surface area contributed by atoms with E-state index in [1.807, 2.05) is 0 Å². The Morgan fingerprint density at radius 2 is 0.549 bits per heavy atom. The highest BCUT2D eigenvalue weighted by Gasteiger charge is 2.46. The van der Waals surface area contributed by atoms with E-state index in [2.05, 4.69) is 250 Å². The first-order valence-corrected chi connectivity index (χ1v) is 25.4. The van der Waals surface area contributed by atoms with Crippen LogP contribution in [0.15, 0.2) is 212 Å². The zero-order valence-electron chi connectivity index (χ0n) is 40.3. The molecule has 0 saturated carbocycles. The number of fused-ring (bicyclic) bond motifs is 20. The first-order valence-electron chi connectivity index (χ1n) is 25.4. The Kier molecular flexibility index (Phi) is 8.58. The average molecular weight is 905 g/mol. The van der Waals surface area contributed by atoms with Crippen molar-refractivity contribution in [2.24, 2.45) is 0 Å². The number of rotatable bonds is 4. The van der Waals surface area contributed by atoms with Gasteiger partial charge in [0, 0.05) is 44.3 Å². The van der Waals surface area contributed by atoms with Gasteiger partial charge in [-0.25, -0.2) is 0 Å². The monoisotopic (exact) mass is 904 g/mol. The van der Waals surface area contributed by atoms with Crippen LogP contribution in [0.1, 0.15) is 50.7 Å². The van der Waals surface area contributed by atoms with Gasteiger partial charge in [0.25, 0.3) is 6.71 Å². The van der Waals surface area contributed by atoms with E-state index in [-0.39, 0.29) is 6.71 Å². The number of nitrogens with zero attached hydrogens (tertiary/aromatic N) is 2. The maximum absolute atomic E-state index is 2.68. The Hall–Kier alpha value is -8.40. The molecule has 15 rings (SSSR count). The van der Waals surface area contributed by atoms with E-state index in [1.165, 1.54) is 148 Å². The van der Waals surface area contributed by atoms with Crippen LogP contribution in [0.3, 0.4) is 0 Å². The van der Waals surface area contributed by atoms with Gasteiger partial charge in [0.15, 0.2) is 0 Å². The van der Waals surface area contributed by atoms with Gasteiger partial charge < -0.3 is 9.80 Å². The van der Waals surface area contributed by atoms with E-state index >= 15 is 0 Å². The van der Waals surface area contributed by atoms with Gasteiger partial charge in [-0.05, 0) is 128 Å². The molecule has 3 heteroatoms. The largest absolute Gasteiger partial charge is 0.310 e. The van der Waals surface area contributed by atoms with Gasteiger partial charge in [-0.1, -0.05) is 216 Å². The van der Waals surface area contributed by atoms with Crippen LogP contribution in [0.4, 0.5) is 34.1 Å². The van der Waals surface area contributed by atoms with Crippen molar-refractivity contribution in [1.29, 1.82) is 0 Å². The molecule has 71 heavy (non-hydrogen) atoms. The van der Waals surface area contributed by atoms with Crippen molar-refractivity contribution < 1.29 is 0 Å². The molecule has 2 aliphatic rings. The van der Waals surface area contributed by atoms with Gasteiger partial charge in [-0.3, -0.25) is 0 Å². The van der Waals surface area contributed by atoms with Crippen molar-refractivity contribution in [3.05, 3.63) is 223 Å². The summed E-state index contributed by atoms with van der Waals surface area (Å²) in [6, 6.07) is 80.9. The Labute approximate surface area is 414 Å². The summed E-state index contributed by atoms with van der Waals surface area (Å²) in [6.45, 7) is 9.41. The average Bonchev–Trinajstić information content (AvgIpc) is 3.43. The molecule has 2 nitrogen and oxygen atoms in total. The van der Waals surface area contributed by atoms with Crippen molar-refractivity contribution in [2.75, 3.05) is 9.80 Å². The van der Waals surface area contributed by atoms with Crippen LogP contribution in [0.25, 0.3) is 86.2 Å². The molecule has 0 spiro atoms. The second-order valence-electron chi connectivity index (χ2n) is 20.6. The predicted octanol–water partition coefficient (Wildman–Crippen LogP) is 17.2. The minimum Gasteiger partial charge on any atom is -0.310 e. The first-order chi connectivity index (χ1) is 35.0. The highest BCUT2D eigenvalue weighted by molar-refractivity contribution is 7.01. The van der Waals surface area contributed by atoms with Crippen molar-refractivity contribution in [3.63, 3.8) is 0 Å². The Morgan fingerprint density at radius 3 is 0.901 bits per heavy atom. The second-order valence-corrected chi connectivity index (χ2v) is 20.6. The van der Waals surface area contributed by atoms with Gasteiger partial charge in [0.2, 0.25) is 0 Å². The third-order valence-corrected chi connectivity index (χ3v) is 16.3. The van der Waals surface area contributed by atoms with Crippen LogP contribution in [-0.2, 0) is 0 Å². The normalized spacial score (nSPS) is 13.2. The van der Waals surface area contributed by atoms with E-state index in [4.69, 9.17) is 0 Å². The molecule has 0 N–H and O–H groups in total. The lowest BCUT2D eigenvalue weighted by Crippen LogP contribution is -2.61. The third-order valence-electron chi connectivity index (χ3n) is 16.3. The number of benzene rings is 13. The molecule has 2 aliphatic heterocycles. The smallest absolute Gasteiger partial charge is 0.252 e. The zero-order valence-corrected chi connectivity index (χ0v) is 40.3. The standard InChI is InChI=1S/C68H49BN2/c1-40(2)56-38-58-67(54-30-15-11-26-48(54)56)70(60-34-17-32-52-46-22-7-5-20-42(46)44-24-9-13-28-50(44)64(52)60)62-36-19-37-63-66(62)69(58)59-39-57(41(3)4)49-27-12-16-31-55(49)68(59)71(63)61-35-18-33-53-47-23-8-6-21-43(47)45-25-10-14-29-51(45)65(53)61/h5-41H,1-4H3. The van der Waals surface area contributed by atoms with Crippen molar-refractivity contribution in [3.8, 4) is 0 Å². The molecule has 0 unspecified atom stereocenters.